The van der Waals surface area contributed by atoms with Crippen LogP contribution in [0.5, 0.6) is 5.75 Å². The van der Waals surface area contributed by atoms with Crippen LogP contribution in [-0.4, -0.2) is 53.9 Å². The van der Waals surface area contributed by atoms with Crippen LogP contribution >= 0.6 is 11.6 Å². The zero-order valence-electron chi connectivity index (χ0n) is 14.2. The summed E-state index contributed by atoms with van der Waals surface area (Å²) in [5.74, 6) is 0.893. The van der Waals surface area contributed by atoms with Crippen molar-refractivity contribution in [2.75, 3.05) is 26.7 Å². The smallest absolute Gasteiger partial charge is 0.260 e. The fourth-order valence-corrected chi connectivity index (χ4v) is 3.93. The Morgan fingerprint density at radius 1 is 1.29 bits per heavy atom. The monoisotopic (exact) mass is 350 g/mol. The molecule has 2 aliphatic rings. The minimum absolute atomic E-state index is 0.00817. The maximum atomic E-state index is 12.4. The fourth-order valence-electron chi connectivity index (χ4n) is 3.70. The van der Waals surface area contributed by atoms with Gasteiger partial charge >= 0.3 is 0 Å². The Balaban J connectivity index is 1.53. The molecule has 0 saturated carbocycles. The van der Waals surface area contributed by atoms with Gasteiger partial charge in [0, 0.05) is 37.1 Å². The lowest BCUT2D eigenvalue weighted by molar-refractivity contribution is -0.137. The first-order valence-corrected chi connectivity index (χ1v) is 8.72. The van der Waals surface area contributed by atoms with E-state index in [1.807, 2.05) is 29.8 Å². The molecule has 1 aromatic rings. The van der Waals surface area contributed by atoms with Crippen LogP contribution < -0.4 is 4.74 Å². The van der Waals surface area contributed by atoms with Crippen LogP contribution in [0.25, 0.3) is 0 Å². The van der Waals surface area contributed by atoms with Crippen LogP contribution in [-0.2, 0) is 9.59 Å². The van der Waals surface area contributed by atoms with Crippen molar-refractivity contribution in [2.45, 2.75) is 38.1 Å². The number of amides is 2. The molecule has 3 rings (SSSR count). The van der Waals surface area contributed by atoms with Gasteiger partial charge in [0.15, 0.2) is 6.61 Å². The second-order valence-electron chi connectivity index (χ2n) is 6.76. The quantitative estimate of drug-likeness (QED) is 0.842. The van der Waals surface area contributed by atoms with Gasteiger partial charge in [0.1, 0.15) is 5.75 Å². The molecule has 0 unspecified atom stereocenters. The van der Waals surface area contributed by atoms with Gasteiger partial charge in [-0.3, -0.25) is 9.59 Å². The van der Waals surface area contributed by atoms with E-state index >= 15 is 0 Å². The van der Waals surface area contributed by atoms with Crippen molar-refractivity contribution in [3.05, 3.63) is 28.8 Å². The average Bonchev–Trinajstić information content (AvgIpc) is 2.83. The van der Waals surface area contributed by atoms with Crippen molar-refractivity contribution >= 4 is 23.4 Å². The van der Waals surface area contributed by atoms with E-state index in [0.29, 0.717) is 30.3 Å². The maximum absolute atomic E-state index is 12.4. The first-order valence-electron chi connectivity index (χ1n) is 8.35. The number of piperidine rings is 1. The zero-order chi connectivity index (χ0) is 17.3. The number of hydrogen-bond donors (Lipinski definition) is 0. The third kappa shape index (κ3) is 3.22. The topological polar surface area (TPSA) is 49.9 Å². The van der Waals surface area contributed by atoms with Crippen LogP contribution in [0.2, 0.25) is 5.02 Å². The minimum Gasteiger partial charge on any atom is -0.483 e. The Labute approximate surface area is 147 Å². The van der Waals surface area contributed by atoms with E-state index in [4.69, 9.17) is 16.3 Å². The maximum Gasteiger partial charge on any atom is 0.260 e. The van der Waals surface area contributed by atoms with E-state index in [-0.39, 0.29) is 24.0 Å². The van der Waals surface area contributed by atoms with Crippen LogP contribution in [0.4, 0.5) is 0 Å². The summed E-state index contributed by atoms with van der Waals surface area (Å²) in [4.78, 5) is 27.9. The third-order valence-corrected chi connectivity index (χ3v) is 5.66. The highest BCUT2D eigenvalue weighted by atomic mass is 35.5. The number of ether oxygens (including phenoxy) is 1. The zero-order valence-corrected chi connectivity index (χ0v) is 14.9. The summed E-state index contributed by atoms with van der Waals surface area (Å²) in [6, 6.07) is 5.36. The van der Waals surface area contributed by atoms with Gasteiger partial charge in [-0.25, -0.2) is 0 Å². The number of aryl methyl sites for hydroxylation is 1. The van der Waals surface area contributed by atoms with Gasteiger partial charge < -0.3 is 14.5 Å². The molecule has 2 heterocycles. The number of carbonyl (C=O) groups excluding carboxylic acids is 2. The number of benzene rings is 1. The highest BCUT2D eigenvalue weighted by Gasteiger charge is 2.45. The second kappa shape index (κ2) is 6.63. The lowest BCUT2D eigenvalue weighted by Crippen LogP contribution is -2.53. The molecule has 2 saturated heterocycles. The van der Waals surface area contributed by atoms with Gasteiger partial charge in [0.05, 0.1) is 0 Å². The molecule has 0 atom stereocenters. The second-order valence-corrected chi connectivity index (χ2v) is 7.19. The SMILES string of the molecule is Cc1cc(Cl)ccc1OCC(=O)N1CCC2(CCC(=O)N2C)CC1. The van der Waals surface area contributed by atoms with Crippen LogP contribution in [0.3, 0.4) is 0 Å². The normalized spacial score (nSPS) is 19.9. The minimum atomic E-state index is -0.0402. The Morgan fingerprint density at radius 3 is 2.58 bits per heavy atom. The Bertz CT molecular complexity index is 654. The molecule has 24 heavy (non-hydrogen) atoms. The average molecular weight is 351 g/mol. The summed E-state index contributed by atoms with van der Waals surface area (Å²) in [6.45, 7) is 3.30. The molecule has 2 aliphatic heterocycles. The summed E-state index contributed by atoms with van der Waals surface area (Å²) in [7, 11) is 1.89. The van der Waals surface area contributed by atoms with Crippen molar-refractivity contribution in [1.29, 1.82) is 0 Å². The van der Waals surface area contributed by atoms with Gasteiger partial charge in [-0.2, -0.15) is 0 Å². The number of nitrogens with zero attached hydrogens (tertiary/aromatic N) is 2. The van der Waals surface area contributed by atoms with Crippen molar-refractivity contribution in [2.24, 2.45) is 0 Å². The Hall–Kier alpha value is -1.75. The predicted molar refractivity (Wildman–Crippen MR) is 92.2 cm³/mol. The molecule has 6 heteroatoms. The lowest BCUT2D eigenvalue weighted by Gasteiger charge is -2.43. The van der Waals surface area contributed by atoms with Crippen molar-refractivity contribution in [3.63, 3.8) is 0 Å². The molecular weight excluding hydrogens is 328 g/mol. The molecule has 1 aromatic carbocycles. The van der Waals surface area contributed by atoms with Crippen molar-refractivity contribution < 1.29 is 14.3 Å². The third-order valence-electron chi connectivity index (χ3n) is 5.42. The number of carbonyl (C=O) groups is 2. The molecule has 0 aromatic heterocycles. The Kier molecular flexibility index (Phi) is 4.72. The van der Waals surface area contributed by atoms with Crippen LogP contribution in [0, 0.1) is 6.92 Å². The molecule has 130 valence electrons. The molecule has 0 N–H and O–H groups in total. The van der Waals surface area contributed by atoms with E-state index in [1.54, 1.807) is 12.1 Å². The van der Waals surface area contributed by atoms with Crippen LogP contribution in [0.15, 0.2) is 18.2 Å². The van der Waals surface area contributed by atoms with Gasteiger partial charge in [-0.05, 0) is 49.9 Å². The highest BCUT2D eigenvalue weighted by Crippen LogP contribution is 2.37. The number of hydrogen-bond acceptors (Lipinski definition) is 3. The van der Waals surface area contributed by atoms with Crippen molar-refractivity contribution in [1.82, 2.24) is 9.80 Å². The van der Waals surface area contributed by atoms with Gasteiger partial charge in [-0.1, -0.05) is 11.6 Å². The van der Waals surface area contributed by atoms with Crippen LogP contribution in [0.1, 0.15) is 31.2 Å². The summed E-state index contributed by atoms with van der Waals surface area (Å²) >= 11 is 5.92. The van der Waals surface area contributed by atoms with E-state index < -0.39 is 0 Å². The molecule has 0 radical (unpaired) electrons. The lowest BCUT2D eigenvalue weighted by atomic mass is 9.85. The van der Waals surface area contributed by atoms with E-state index in [2.05, 4.69) is 0 Å². The first-order chi connectivity index (χ1) is 11.4. The Morgan fingerprint density at radius 2 is 2.00 bits per heavy atom. The highest BCUT2D eigenvalue weighted by molar-refractivity contribution is 6.30. The van der Waals surface area contributed by atoms with Crippen molar-refractivity contribution in [3.8, 4) is 5.75 Å². The van der Waals surface area contributed by atoms with Gasteiger partial charge in [-0.15, -0.1) is 0 Å². The molecular formula is C18H23ClN2O3. The molecule has 2 fully saturated rings. The van der Waals surface area contributed by atoms with Gasteiger partial charge in [0.25, 0.3) is 5.91 Å². The summed E-state index contributed by atoms with van der Waals surface area (Å²) < 4.78 is 5.65. The van der Waals surface area contributed by atoms with Gasteiger partial charge in [0.2, 0.25) is 5.91 Å². The predicted octanol–water partition coefficient (Wildman–Crippen LogP) is 2.64. The standard InChI is InChI=1S/C18H23ClN2O3/c1-13-11-14(19)3-4-15(13)24-12-17(23)21-9-7-18(8-10-21)6-5-16(22)20(18)2/h3-4,11H,5-10,12H2,1-2H3. The molecule has 5 nitrogen and oxygen atoms in total. The first kappa shape index (κ1) is 17.1. The molecule has 0 aliphatic carbocycles. The summed E-state index contributed by atoms with van der Waals surface area (Å²) in [5.41, 5.74) is 0.876. The van der Waals surface area contributed by atoms with E-state index in [0.717, 1.165) is 24.8 Å². The molecule has 1 spiro atoms. The number of rotatable bonds is 3. The number of halogens is 1. The number of likely N-dealkylation sites (tertiary alicyclic amines) is 2. The molecule has 0 bridgehead atoms. The molecule has 2 amide bonds. The fraction of sp³-hybridized carbons (Fsp3) is 0.556. The van der Waals surface area contributed by atoms with E-state index in [9.17, 15) is 9.59 Å². The summed E-state index contributed by atoms with van der Waals surface area (Å²) in [6.07, 6.45) is 3.23. The largest absolute Gasteiger partial charge is 0.483 e. The van der Waals surface area contributed by atoms with E-state index in [1.165, 1.54) is 0 Å². The summed E-state index contributed by atoms with van der Waals surface area (Å²) in [5, 5.41) is 0.655.